The van der Waals surface area contributed by atoms with Crippen LogP contribution in [0.3, 0.4) is 0 Å². The molecule has 0 radical (unpaired) electrons. The van der Waals surface area contributed by atoms with E-state index in [1.807, 2.05) is 0 Å². The van der Waals surface area contributed by atoms with Gasteiger partial charge < -0.3 is 30.4 Å². The zero-order valence-electron chi connectivity index (χ0n) is 26.4. The summed E-state index contributed by atoms with van der Waals surface area (Å²) in [6.07, 6.45) is 10.1. The van der Waals surface area contributed by atoms with Crippen molar-refractivity contribution in [3.05, 3.63) is 59.7 Å². The Balaban J connectivity index is 1.18. The molecule has 234 valence electrons. The first-order valence-corrected chi connectivity index (χ1v) is 17.1. The van der Waals surface area contributed by atoms with Gasteiger partial charge in [-0.25, -0.2) is 0 Å². The number of benzene rings is 2. The minimum atomic E-state index is -0.460. The zero-order chi connectivity index (χ0) is 29.8. The molecule has 2 aromatic carbocycles. The minimum absolute atomic E-state index is 0.0331. The Kier molecular flexibility index (Phi) is 7.80. The van der Waals surface area contributed by atoms with E-state index in [0.29, 0.717) is 51.4 Å². The van der Waals surface area contributed by atoms with Crippen LogP contribution in [0, 0.1) is 22.7 Å². The quantitative estimate of drug-likeness (QED) is 0.399. The number of hydrogen-bond donors (Lipinski definition) is 2. The molecule has 4 fully saturated rings. The van der Waals surface area contributed by atoms with Gasteiger partial charge in [-0.2, -0.15) is 0 Å². The van der Waals surface area contributed by atoms with E-state index in [1.165, 1.54) is 22.3 Å². The predicted octanol–water partition coefficient (Wildman–Crippen LogP) is 6.53. The van der Waals surface area contributed by atoms with Gasteiger partial charge in [0.2, 0.25) is 0 Å². The lowest BCUT2D eigenvalue weighted by Crippen LogP contribution is -2.56. The fraction of sp³-hybridized carbons (Fsp3) is 0.676. The van der Waals surface area contributed by atoms with Gasteiger partial charge in [-0.05, 0) is 72.6 Å². The van der Waals surface area contributed by atoms with Gasteiger partial charge in [-0.15, -0.1) is 0 Å². The summed E-state index contributed by atoms with van der Waals surface area (Å²) >= 11 is 0. The van der Waals surface area contributed by atoms with Crippen LogP contribution in [0.15, 0.2) is 48.5 Å². The molecule has 0 bridgehead atoms. The summed E-state index contributed by atoms with van der Waals surface area (Å²) in [5.74, 6) is 0.107. The Hall–Kier alpha value is -1.80. The van der Waals surface area contributed by atoms with Crippen LogP contribution in [0.25, 0.3) is 11.1 Å². The molecule has 2 spiro atoms. The standard InChI is InChI=1S/C37H52N2O4/c1-3-33(21-38)23-40-35(41-24-33)17-13-27(14-18-35)37(31-11-7-5-9-29(31)30-10-6-8-12-32(30)37)28-15-19-36(20-16-28)42-25-34(4-2,22-39)26-43-36/h5-12,27-28H,3-4,13-26,38-39H2,1-2H3. The van der Waals surface area contributed by atoms with E-state index in [-0.39, 0.29) is 16.2 Å². The van der Waals surface area contributed by atoms with Crippen LogP contribution >= 0.6 is 0 Å². The second-order valence-electron chi connectivity index (χ2n) is 14.6. The van der Waals surface area contributed by atoms with Crippen LogP contribution in [-0.4, -0.2) is 51.1 Å². The second kappa shape index (κ2) is 11.2. The summed E-state index contributed by atoms with van der Waals surface area (Å²) < 4.78 is 26.4. The lowest BCUT2D eigenvalue weighted by Gasteiger charge is -2.55. The highest BCUT2D eigenvalue weighted by Crippen LogP contribution is 2.63. The van der Waals surface area contributed by atoms with Crippen LogP contribution < -0.4 is 11.5 Å². The summed E-state index contributed by atoms with van der Waals surface area (Å²) in [6.45, 7) is 8.44. The summed E-state index contributed by atoms with van der Waals surface area (Å²) in [5.41, 5.74) is 18.1. The van der Waals surface area contributed by atoms with E-state index in [1.54, 1.807) is 0 Å². The second-order valence-corrected chi connectivity index (χ2v) is 14.6. The Bertz CT molecular complexity index is 1160. The molecule has 7 rings (SSSR count). The SMILES string of the molecule is CCC1(CN)COC2(CCC(C3(C4CCC5(CC4)OCC(CC)(CN)CO5)c4ccccc4-c4ccccc43)CC2)OC1. The molecule has 2 aromatic rings. The lowest BCUT2D eigenvalue weighted by atomic mass is 9.54. The van der Waals surface area contributed by atoms with Gasteiger partial charge in [0.05, 0.1) is 26.4 Å². The van der Waals surface area contributed by atoms with Gasteiger partial charge in [0.25, 0.3) is 0 Å². The van der Waals surface area contributed by atoms with Crippen LogP contribution in [0.5, 0.6) is 0 Å². The molecule has 4 N–H and O–H groups in total. The maximum absolute atomic E-state index is 6.60. The summed E-state index contributed by atoms with van der Waals surface area (Å²) in [6, 6.07) is 18.5. The van der Waals surface area contributed by atoms with Crippen LogP contribution in [0.2, 0.25) is 0 Å². The number of hydrogen-bond acceptors (Lipinski definition) is 6. The maximum Gasteiger partial charge on any atom is 0.168 e. The van der Waals surface area contributed by atoms with Gasteiger partial charge in [0.15, 0.2) is 11.6 Å². The maximum atomic E-state index is 6.60. The van der Waals surface area contributed by atoms with Gasteiger partial charge in [0.1, 0.15) is 0 Å². The van der Waals surface area contributed by atoms with E-state index in [0.717, 1.165) is 64.2 Å². The van der Waals surface area contributed by atoms with E-state index in [4.69, 9.17) is 30.4 Å². The molecule has 2 saturated heterocycles. The smallest absolute Gasteiger partial charge is 0.168 e. The van der Waals surface area contributed by atoms with Crippen molar-refractivity contribution in [2.75, 3.05) is 39.5 Å². The highest BCUT2D eigenvalue weighted by molar-refractivity contribution is 5.81. The molecular formula is C37H52N2O4. The summed E-state index contributed by atoms with van der Waals surface area (Å²) in [5, 5.41) is 0. The average Bonchev–Trinajstić information content (AvgIpc) is 3.38. The third-order valence-electron chi connectivity index (χ3n) is 12.7. The van der Waals surface area contributed by atoms with Crippen molar-refractivity contribution in [1.82, 2.24) is 0 Å². The van der Waals surface area contributed by atoms with E-state index in [2.05, 4.69) is 62.4 Å². The van der Waals surface area contributed by atoms with Gasteiger partial charge in [0, 0.05) is 55.0 Å². The summed E-state index contributed by atoms with van der Waals surface area (Å²) in [7, 11) is 0. The number of fused-ring (bicyclic) bond motifs is 3. The van der Waals surface area contributed by atoms with Gasteiger partial charge in [-0.3, -0.25) is 0 Å². The first kappa shape index (κ1) is 29.9. The average molecular weight is 589 g/mol. The van der Waals surface area contributed by atoms with Crippen LogP contribution in [0.1, 0.15) is 89.2 Å². The predicted molar refractivity (Wildman–Crippen MR) is 169 cm³/mol. The Morgan fingerprint density at radius 2 is 0.930 bits per heavy atom. The van der Waals surface area contributed by atoms with Crippen molar-refractivity contribution in [3.63, 3.8) is 0 Å². The van der Waals surface area contributed by atoms with E-state index >= 15 is 0 Å². The Morgan fingerprint density at radius 3 is 1.26 bits per heavy atom. The fourth-order valence-corrected chi connectivity index (χ4v) is 9.36. The molecule has 5 aliphatic rings. The van der Waals surface area contributed by atoms with Crippen molar-refractivity contribution in [2.24, 2.45) is 34.1 Å². The molecule has 43 heavy (non-hydrogen) atoms. The molecule has 6 nitrogen and oxygen atoms in total. The number of rotatable bonds is 6. The third kappa shape index (κ3) is 4.66. The van der Waals surface area contributed by atoms with Gasteiger partial charge >= 0.3 is 0 Å². The van der Waals surface area contributed by atoms with E-state index in [9.17, 15) is 0 Å². The van der Waals surface area contributed by atoms with Crippen molar-refractivity contribution < 1.29 is 18.9 Å². The Labute approximate surface area is 258 Å². The molecule has 2 aliphatic heterocycles. The topological polar surface area (TPSA) is 89.0 Å². The fourth-order valence-electron chi connectivity index (χ4n) is 9.36. The van der Waals surface area contributed by atoms with Gasteiger partial charge in [-0.1, -0.05) is 62.4 Å². The first-order chi connectivity index (χ1) is 20.9. The zero-order valence-corrected chi connectivity index (χ0v) is 26.4. The summed E-state index contributed by atoms with van der Waals surface area (Å²) in [4.78, 5) is 0. The third-order valence-corrected chi connectivity index (χ3v) is 12.7. The molecular weight excluding hydrogens is 536 g/mol. The molecule has 0 unspecified atom stereocenters. The molecule has 2 saturated carbocycles. The lowest BCUT2D eigenvalue weighted by molar-refractivity contribution is -0.320. The highest BCUT2D eigenvalue weighted by Gasteiger charge is 2.58. The molecule has 0 atom stereocenters. The molecule has 3 aliphatic carbocycles. The normalized spacial score (nSPS) is 38.6. The monoisotopic (exact) mass is 588 g/mol. The van der Waals surface area contributed by atoms with Crippen molar-refractivity contribution in [2.45, 2.75) is 95.0 Å². The number of nitrogens with two attached hydrogens (primary N) is 2. The van der Waals surface area contributed by atoms with E-state index < -0.39 is 11.6 Å². The first-order valence-electron chi connectivity index (χ1n) is 17.1. The largest absolute Gasteiger partial charge is 0.349 e. The Morgan fingerprint density at radius 1 is 0.581 bits per heavy atom. The van der Waals surface area contributed by atoms with Crippen LogP contribution in [-0.2, 0) is 24.4 Å². The van der Waals surface area contributed by atoms with Crippen LogP contribution in [0.4, 0.5) is 0 Å². The molecule has 2 heterocycles. The number of ether oxygens (including phenoxy) is 4. The molecule has 0 aromatic heterocycles. The van der Waals surface area contributed by atoms with Crippen molar-refractivity contribution in [1.29, 1.82) is 0 Å². The minimum Gasteiger partial charge on any atom is -0.349 e. The molecule has 0 amide bonds. The highest BCUT2D eigenvalue weighted by atomic mass is 16.7. The van der Waals surface area contributed by atoms with Crippen molar-refractivity contribution in [3.8, 4) is 11.1 Å². The van der Waals surface area contributed by atoms with Crippen molar-refractivity contribution >= 4 is 0 Å². The molecule has 6 heteroatoms.